The van der Waals surface area contributed by atoms with Gasteiger partial charge in [0.2, 0.25) is 11.8 Å². The zero-order valence-electron chi connectivity index (χ0n) is 22.1. The fourth-order valence-electron chi connectivity index (χ4n) is 4.06. The van der Waals surface area contributed by atoms with Crippen LogP contribution in [0.25, 0.3) is 0 Å². The van der Waals surface area contributed by atoms with Crippen LogP contribution in [-0.2, 0) is 32.6 Å². The highest BCUT2D eigenvalue weighted by atomic mass is 79.9. The molecule has 0 spiro atoms. The predicted molar refractivity (Wildman–Crippen MR) is 154 cm³/mol. The summed E-state index contributed by atoms with van der Waals surface area (Å²) in [5, 5.41) is 2.86. The topological polar surface area (TPSA) is 86.8 Å². The molecule has 0 aliphatic carbocycles. The maximum Gasteiger partial charge on any atom is 0.264 e. The van der Waals surface area contributed by atoms with Crippen LogP contribution in [0, 0.1) is 0 Å². The Labute approximate surface area is 234 Å². The van der Waals surface area contributed by atoms with Gasteiger partial charge in [0.05, 0.1) is 10.6 Å². The van der Waals surface area contributed by atoms with Crippen LogP contribution in [0.2, 0.25) is 0 Å². The Morgan fingerprint density at radius 3 is 2.11 bits per heavy atom. The Bertz CT molecular complexity index is 1350. The van der Waals surface area contributed by atoms with Crippen LogP contribution in [0.15, 0.2) is 88.2 Å². The molecule has 2 amide bonds. The number of carbonyl (C=O) groups excluding carboxylic acids is 2. The van der Waals surface area contributed by atoms with E-state index < -0.39 is 28.5 Å². The Hall–Kier alpha value is -3.17. The van der Waals surface area contributed by atoms with Crippen molar-refractivity contribution in [3.63, 3.8) is 0 Å². The Morgan fingerprint density at radius 1 is 0.895 bits per heavy atom. The molecule has 0 saturated heterocycles. The number of amides is 2. The first kappa shape index (κ1) is 29.4. The van der Waals surface area contributed by atoms with E-state index in [-0.39, 0.29) is 23.4 Å². The highest BCUT2D eigenvalue weighted by Gasteiger charge is 2.33. The van der Waals surface area contributed by atoms with Crippen LogP contribution in [0.5, 0.6) is 0 Å². The summed E-state index contributed by atoms with van der Waals surface area (Å²) in [6, 6.07) is 21.7. The molecule has 7 nitrogen and oxygen atoms in total. The van der Waals surface area contributed by atoms with Crippen molar-refractivity contribution >= 4 is 43.5 Å². The van der Waals surface area contributed by atoms with Crippen LogP contribution in [0.3, 0.4) is 0 Å². The number of hydrogen-bond acceptors (Lipinski definition) is 4. The summed E-state index contributed by atoms with van der Waals surface area (Å²) in [5.41, 5.74) is 2.05. The van der Waals surface area contributed by atoms with Crippen molar-refractivity contribution in [2.24, 2.45) is 0 Å². The lowest BCUT2D eigenvalue weighted by molar-refractivity contribution is -0.139. The van der Waals surface area contributed by atoms with Crippen LogP contribution in [-0.4, -0.2) is 43.8 Å². The first-order valence-corrected chi connectivity index (χ1v) is 14.8. The van der Waals surface area contributed by atoms with E-state index in [0.29, 0.717) is 12.1 Å². The third-order valence-electron chi connectivity index (χ3n) is 6.12. The minimum absolute atomic E-state index is 0.0868. The second-order valence-electron chi connectivity index (χ2n) is 9.29. The number of hydrogen-bond donors (Lipinski definition) is 1. The van der Waals surface area contributed by atoms with Crippen molar-refractivity contribution in [3.8, 4) is 0 Å². The Kier molecular flexibility index (Phi) is 10.1. The average Bonchev–Trinajstić information content (AvgIpc) is 2.90. The molecule has 3 aromatic carbocycles. The average molecular weight is 601 g/mol. The Morgan fingerprint density at radius 2 is 1.50 bits per heavy atom. The smallest absolute Gasteiger partial charge is 0.264 e. The van der Waals surface area contributed by atoms with Gasteiger partial charge in [0.25, 0.3) is 10.0 Å². The molecule has 9 heteroatoms. The first-order chi connectivity index (χ1) is 18.0. The summed E-state index contributed by atoms with van der Waals surface area (Å²) in [5.74, 6) is -0.790. The normalized spacial score (nSPS) is 12.2. The molecule has 0 aliphatic heterocycles. The predicted octanol–water partition coefficient (Wildman–Crippen LogP) is 5.15. The molecule has 0 unspecified atom stereocenters. The number of nitrogens with one attached hydrogen (secondary N) is 1. The molecule has 0 bridgehead atoms. The molecule has 1 N–H and O–H groups in total. The molecule has 3 aromatic rings. The van der Waals surface area contributed by atoms with E-state index in [1.807, 2.05) is 57.2 Å². The van der Waals surface area contributed by atoms with E-state index in [1.165, 1.54) is 17.0 Å². The minimum Gasteiger partial charge on any atom is -0.352 e. The standard InChI is InChI=1S/C29H34BrN3O4S/c1-5-24-11-9-10-14-27(24)33(38(36,37)26-12-7-6-8-13-26)20-28(34)32(22(4)29(35)31-21(2)3)19-23-15-17-25(30)18-16-23/h6-18,21-22H,5,19-20H2,1-4H3,(H,31,35)/t22-/m1/s1. The molecule has 38 heavy (non-hydrogen) atoms. The van der Waals surface area contributed by atoms with Gasteiger partial charge < -0.3 is 10.2 Å². The number of para-hydroxylation sites is 1. The second-order valence-corrected chi connectivity index (χ2v) is 12.1. The summed E-state index contributed by atoms with van der Waals surface area (Å²) >= 11 is 3.42. The number of carbonyl (C=O) groups is 2. The summed E-state index contributed by atoms with van der Waals surface area (Å²) < 4.78 is 29.8. The quantitative estimate of drug-likeness (QED) is 0.330. The lowest BCUT2D eigenvalue weighted by atomic mass is 10.1. The molecule has 3 rings (SSSR count). The van der Waals surface area contributed by atoms with Crippen LogP contribution >= 0.6 is 15.9 Å². The maximum absolute atomic E-state index is 13.9. The van der Waals surface area contributed by atoms with E-state index in [4.69, 9.17) is 0 Å². The van der Waals surface area contributed by atoms with Gasteiger partial charge in [0.15, 0.2) is 0 Å². The van der Waals surface area contributed by atoms with Crippen LogP contribution in [0.4, 0.5) is 5.69 Å². The fourth-order valence-corrected chi connectivity index (χ4v) is 5.80. The largest absolute Gasteiger partial charge is 0.352 e. The van der Waals surface area contributed by atoms with Crippen LogP contribution in [0.1, 0.15) is 38.8 Å². The molecular weight excluding hydrogens is 566 g/mol. The first-order valence-electron chi connectivity index (χ1n) is 12.5. The summed E-state index contributed by atoms with van der Waals surface area (Å²) in [6.07, 6.45) is 0.584. The van der Waals surface area contributed by atoms with Gasteiger partial charge in [0, 0.05) is 17.1 Å². The van der Waals surface area contributed by atoms with Crippen molar-refractivity contribution in [3.05, 3.63) is 94.5 Å². The lowest BCUT2D eigenvalue weighted by Gasteiger charge is -2.33. The molecule has 0 radical (unpaired) electrons. The second kappa shape index (κ2) is 13.1. The highest BCUT2D eigenvalue weighted by Crippen LogP contribution is 2.28. The van der Waals surface area contributed by atoms with E-state index >= 15 is 0 Å². The molecule has 0 aromatic heterocycles. The van der Waals surface area contributed by atoms with E-state index in [9.17, 15) is 18.0 Å². The molecule has 1 atom stereocenters. The van der Waals surface area contributed by atoms with Crippen molar-refractivity contribution in [1.82, 2.24) is 10.2 Å². The number of sulfonamides is 1. The number of halogens is 1. The van der Waals surface area contributed by atoms with Crippen molar-refractivity contribution in [2.75, 3.05) is 10.8 Å². The van der Waals surface area contributed by atoms with Gasteiger partial charge in [0.1, 0.15) is 12.6 Å². The molecular formula is C29H34BrN3O4S. The van der Waals surface area contributed by atoms with E-state index in [0.717, 1.165) is 19.9 Å². The molecule has 0 fully saturated rings. The number of rotatable bonds is 11. The van der Waals surface area contributed by atoms with Gasteiger partial charge >= 0.3 is 0 Å². The molecule has 202 valence electrons. The molecule has 0 heterocycles. The number of benzene rings is 3. The fraction of sp³-hybridized carbons (Fsp3) is 0.310. The Balaban J connectivity index is 2.05. The third kappa shape index (κ3) is 7.23. The van der Waals surface area contributed by atoms with Crippen molar-refractivity contribution in [1.29, 1.82) is 0 Å². The zero-order valence-corrected chi connectivity index (χ0v) is 24.5. The van der Waals surface area contributed by atoms with Gasteiger partial charge in [-0.3, -0.25) is 13.9 Å². The zero-order chi connectivity index (χ0) is 27.9. The van der Waals surface area contributed by atoms with Gasteiger partial charge in [-0.25, -0.2) is 8.42 Å². The SMILES string of the molecule is CCc1ccccc1N(CC(=O)N(Cc1ccc(Br)cc1)[C@H](C)C(=O)NC(C)C)S(=O)(=O)c1ccccc1. The number of aryl methyl sites for hydroxylation is 1. The van der Waals surface area contributed by atoms with Gasteiger partial charge in [-0.1, -0.05) is 71.4 Å². The van der Waals surface area contributed by atoms with E-state index in [2.05, 4.69) is 21.2 Å². The van der Waals surface area contributed by atoms with Crippen LogP contribution < -0.4 is 9.62 Å². The van der Waals surface area contributed by atoms with Gasteiger partial charge in [-0.15, -0.1) is 0 Å². The summed E-state index contributed by atoms with van der Waals surface area (Å²) in [4.78, 5) is 28.4. The monoisotopic (exact) mass is 599 g/mol. The van der Waals surface area contributed by atoms with Gasteiger partial charge in [-0.2, -0.15) is 0 Å². The number of anilines is 1. The summed E-state index contributed by atoms with van der Waals surface area (Å²) in [7, 11) is -4.08. The maximum atomic E-state index is 13.9. The van der Waals surface area contributed by atoms with Crippen molar-refractivity contribution in [2.45, 2.75) is 57.6 Å². The van der Waals surface area contributed by atoms with Crippen molar-refractivity contribution < 1.29 is 18.0 Å². The summed E-state index contributed by atoms with van der Waals surface area (Å²) in [6.45, 7) is 6.98. The van der Waals surface area contributed by atoms with E-state index in [1.54, 1.807) is 37.3 Å². The highest BCUT2D eigenvalue weighted by molar-refractivity contribution is 9.10. The molecule has 0 saturated carbocycles. The minimum atomic E-state index is -4.08. The lowest BCUT2D eigenvalue weighted by Crippen LogP contribution is -2.52. The third-order valence-corrected chi connectivity index (χ3v) is 8.42. The van der Waals surface area contributed by atoms with Gasteiger partial charge in [-0.05, 0) is 68.7 Å². The molecule has 0 aliphatic rings. The number of nitrogens with zero attached hydrogens (tertiary/aromatic N) is 2.